The molecule has 0 fully saturated rings. The van der Waals surface area contributed by atoms with E-state index in [4.69, 9.17) is 0 Å². The van der Waals surface area contributed by atoms with E-state index < -0.39 is 0 Å². The first-order valence-corrected chi connectivity index (χ1v) is 12.6. The Bertz CT molecular complexity index is 1370. The van der Waals surface area contributed by atoms with Gasteiger partial charge in [0, 0.05) is 0 Å². The lowest BCUT2D eigenvalue weighted by Gasteiger charge is -2.20. The molecule has 0 amide bonds. The van der Waals surface area contributed by atoms with Crippen LogP contribution in [0.2, 0.25) is 0 Å². The number of fused-ring (bicyclic) bond motifs is 1. The molecule has 0 bridgehead atoms. The lowest BCUT2D eigenvalue weighted by atomic mass is 9.99. The highest BCUT2D eigenvalue weighted by Crippen LogP contribution is 2.25. The van der Waals surface area contributed by atoms with Gasteiger partial charge in [-0.25, -0.2) is 5.10 Å². The average molecular weight is 480 g/mol. The third-order valence-electron chi connectivity index (χ3n) is 6.28. The van der Waals surface area contributed by atoms with Crippen LogP contribution in [0, 0.1) is 0 Å². The highest BCUT2D eigenvalue weighted by molar-refractivity contribution is 7.24. The Morgan fingerprint density at radius 1 is 0.829 bits per heavy atom. The predicted molar refractivity (Wildman–Crippen MR) is 139 cm³/mol. The molecule has 0 aliphatic carbocycles. The van der Waals surface area contributed by atoms with Gasteiger partial charge in [0.25, 0.3) is 0 Å². The highest BCUT2D eigenvalue weighted by Gasteiger charge is 2.21. The Balaban J connectivity index is 1.29. The molecular weight excluding hydrogens is 453 g/mol. The number of rotatable bonds is 10. The van der Waals surface area contributed by atoms with Crippen molar-refractivity contribution >= 4 is 19.2 Å². The fourth-order valence-corrected chi connectivity index (χ4v) is 4.92. The van der Waals surface area contributed by atoms with Crippen LogP contribution in [0.15, 0.2) is 97.1 Å². The standard InChI is InChI=1S/C28H26N5OP/c34-35-27(18-17-24-11-6-10-23-9-4-5-12-25(23)24)29-26(28-30-32-33-31-28)19-20-13-15-22(16-14-20)21-7-2-1-3-8-21/h1-16,26-27,29H,17-19H2,(H,30,31,32,33)/t26-,27?/m0/s1. The molecule has 4 aromatic carbocycles. The molecule has 0 aliphatic rings. The molecule has 174 valence electrons. The van der Waals surface area contributed by atoms with Crippen molar-refractivity contribution in [2.24, 2.45) is 0 Å². The maximum atomic E-state index is 12.1. The summed E-state index contributed by atoms with van der Waals surface area (Å²) < 4.78 is 12.1. The average Bonchev–Trinajstić information content (AvgIpc) is 3.46. The van der Waals surface area contributed by atoms with Crippen LogP contribution in [-0.4, -0.2) is 26.4 Å². The van der Waals surface area contributed by atoms with Gasteiger partial charge in [-0.05, 0) is 62.7 Å². The Kier molecular flexibility index (Phi) is 7.32. The normalized spacial score (nSPS) is 13.1. The zero-order chi connectivity index (χ0) is 23.9. The number of aryl methyl sites for hydroxylation is 1. The fourth-order valence-electron chi connectivity index (χ4n) is 4.45. The number of benzene rings is 4. The van der Waals surface area contributed by atoms with Crippen molar-refractivity contribution in [3.63, 3.8) is 0 Å². The van der Waals surface area contributed by atoms with Crippen molar-refractivity contribution in [3.8, 4) is 11.1 Å². The first-order chi connectivity index (χ1) is 17.3. The highest BCUT2D eigenvalue weighted by atomic mass is 31.1. The number of nitrogens with zero attached hydrogens (tertiary/aromatic N) is 3. The summed E-state index contributed by atoms with van der Waals surface area (Å²) in [5.74, 6) is 0.406. The molecule has 0 spiro atoms. The number of aromatic nitrogens is 4. The molecule has 5 aromatic rings. The van der Waals surface area contributed by atoms with E-state index in [0.717, 1.165) is 18.4 Å². The van der Waals surface area contributed by atoms with Gasteiger partial charge in [-0.2, -0.15) is 0 Å². The summed E-state index contributed by atoms with van der Waals surface area (Å²) in [5.41, 5.74) is 4.76. The SMILES string of the molecule is O=PC(CCc1cccc2ccccc12)N[C@@H](Cc1ccc(-c2ccccc2)cc1)c1nnn[nH]1. The maximum absolute atomic E-state index is 12.1. The van der Waals surface area contributed by atoms with Crippen molar-refractivity contribution < 1.29 is 4.57 Å². The Hall–Kier alpha value is -3.73. The van der Waals surface area contributed by atoms with Crippen LogP contribution < -0.4 is 5.32 Å². The van der Waals surface area contributed by atoms with Gasteiger partial charge in [-0.3, -0.25) is 9.88 Å². The monoisotopic (exact) mass is 479 g/mol. The Labute approximate surface area is 206 Å². The largest absolute Gasteiger partial charge is 0.294 e. The molecule has 35 heavy (non-hydrogen) atoms. The van der Waals surface area contributed by atoms with Crippen molar-refractivity contribution in [2.75, 3.05) is 0 Å². The van der Waals surface area contributed by atoms with Crippen molar-refractivity contribution in [2.45, 2.75) is 31.1 Å². The van der Waals surface area contributed by atoms with E-state index in [-0.39, 0.29) is 20.3 Å². The van der Waals surface area contributed by atoms with Crippen LogP contribution in [0.25, 0.3) is 21.9 Å². The molecule has 0 saturated heterocycles. The van der Waals surface area contributed by atoms with Crippen LogP contribution >= 0.6 is 8.46 Å². The van der Waals surface area contributed by atoms with Gasteiger partial charge in [0.2, 0.25) is 0 Å². The predicted octanol–water partition coefficient (Wildman–Crippen LogP) is 6.14. The number of aromatic amines is 1. The lowest BCUT2D eigenvalue weighted by Crippen LogP contribution is -2.31. The van der Waals surface area contributed by atoms with Crippen LogP contribution in [-0.2, 0) is 17.4 Å². The molecule has 0 saturated carbocycles. The third-order valence-corrected chi connectivity index (χ3v) is 6.94. The maximum Gasteiger partial charge on any atom is 0.174 e. The number of nitrogens with one attached hydrogen (secondary N) is 2. The quantitative estimate of drug-likeness (QED) is 0.235. The van der Waals surface area contributed by atoms with Gasteiger partial charge in [-0.15, -0.1) is 5.10 Å². The molecule has 5 rings (SSSR count). The number of hydrogen-bond donors (Lipinski definition) is 2. The molecule has 2 N–H and O–H groups in total. The van der Waals surface area contributed by atoms with Crippen molar-refractivity contribution in [1.29, 1.82) is 0 Å². The molecule has 7 heteroatoms. The molecule has 1 heterocycles. The zero-order valence-electron chi connectivity index (χ0n) is 19.2. The van der Waals surface area contributed by atoms with Crippen LogP contribution in [0.5, 0.6) is 0 Å². The Morgan fingerprint density at radius 2 is 1.57 bits per heavy atom. The minimum atomic E-state index is -0.229. The summed E-state index contributed by atoms with van der Waals surface area (Å²) in [4.78, 5) is 0. The van der Waals surface area contributed by atoms with E-state index in [1.54, 1.807) is 0 Å². The molecule has 0 radical (unpaired) electrons. The summed E-state index contributed by atoms with van der Waals surface area (Å²) in [5, 5.41) is 20.5. The first-order valence-electron chi connectivity index (χ1n) is 11.7. The molecule has 0 aliphatic heterocycles. The summed E-state index contributed by atoms with van der Waals surface area (Å²) in [6.07, 6.45) is 2.22. The second-order valence-electron chi connectivity index (χ2n) is 8.57. The van der Waals surface area contributed by atoms with E-state index in [1.807, 2.05) is 18.2 Å². The summed E-state index contributed by atoms with van der Waals surface area (Å²) >= 11 is 0. The fraction of sp³-hybridized carbons (Fsp3) is 0.179. The van der Waals surface area contributed by atoms with E-state index in [0.29, 0.717) is 12.2 Å². The molecular formula is C28H26N5OP. The summed E-state index contributed by atoms with van der Waals surface area (Å²) in [7, 11) is 0.0539. The molecule has 1 aromatic heterocycles. The number of tetrazole rings is 1. The minimum Gasteiger partial charge on any atom is -0.294 e. The van der Waals surface area contributed by atoms with Gasteiger partial charge in [-0.1, -0.05) is 97.1 Å². The minimum absolute atomic E-state index is 0.0539. The second kappa shape index (κ2) is 11.1. The van der Waals surface area contributed by atoms with E-state index in [2.05, 4.69) is 105 Å². The van der Waals surface area contributed by atoms with Gasteiger partial charge in [0.1, 0.15) is 0 Å². The lowest BCUT2D eigenvalue weighted by molar-refractivity contribution is 0.463. The Morgan fingerprint density at radius 3 is 2.34 bits per heavy atom. The number of hydrogen-bond acceptors (Lipinski definition) is 5. The van der Waals surface area contributed by atoms with Crippen molar-refractivity contribution in [1.82, 2.24) is 25.9 Å². The first kappa shape index (κ1) is 23.0. The van der Waals surface area contributed by atoms with Crippen LogP contribution in [0.4, 0.5) is 0 Å². The smallest absolute Gasteiger partial charge is 0.174 e. The van der Waals surface area contributed by atoms with Gasteiger partial charge in [0.05, 0.1) is 11.8 Å². The zero-order valence-corrected chi connectivity index (χ0v) is 20.1. The van der Waals surface area contributed by atoms with Gasteiger partial charge in [0.15, 0.2) is 14.3 Å². The van der Waals surface area contributed by atoms with E-state index in [9.17, 15) is 4.57 Å². The summed E-state index contributed by atoms with van der Waals surface area (Å²) in [6.45, 7) is 0. The topological polar surface area (TPSA) is 83.6 Å². The third kappa shape index (κ3) is 5.68. The van der Waals surface area contributed by atoms with Crippen LogP contribution in [0.1, 0.15) is 29.4 Å². The summed E-state index contributed by atoms with van der Waals surface area (Å²) in [6, 6.07) is 33.4. The number of H-pyrrole nitrogens is 1. The second-order valence-corrected chi connectivity index (χ2v) is 9.41. The van der Waals surface area contributed by atoms with Gasteiger partial charge >= 0.3 is 0 Å². The van der Waals surface area contributed by atoms with Gasteiger partial charge < -0.3 is 0 Å². The van der Waals surface area contributed by atoms with E-state index in [1.165, 1.54) is 27.5 Å². The van der Waals surface area contributed by atoms with E-state index >= 15 is 0 Å². The van der Waals surface area contributed by atoms with Crippen molar-refractivity contribution in [3.05, 3.63) is 114 Å². The molecule has 2 atom stereocenters. The molecule has 6 nitrogen and oxygen atoms in total. The molecule has 1 unspecified atom stereocenters. The van der Waals surface area contributed by atoms with Crippen LogP contribution in [0.3, 0.4) is 0 Å².